The van der Waals surface area contributed by atoms with Gasteiger partial charge in [0.15, 0.2) is 17.3 Å². The van der Waals surface area contributed by atoms with Crippen LogP contribution < -0.4 is 16.1 Å². The average Bonchev–Trinajstić information content (AvgIpc) is 3.39. The molecule has 3 N–H and O–H groups in total. The zero-order valence-corrected chi connectivity index (χ0v) is 17.3. The van der Waals surface area contributed by atoms with Gasteiger partial charge in [-0.2, -0.15) is 0 Å². The molecule has 2 fully saturated rings. The lowest BCUT2D eigenvalue weighted by Gasteiger charge is -2.32. The van der Waals surface area contributed by atoms with Gasteiger partial charge in [0.05, 0.1) is 11.1 Å². The Bertz CT molecular complexity index is 1330. The molecule has 1 saturated heterocycles. The van der Waals surface area contributed by atoms with Gasteiger partial charge in [0, 0.05) is 30.9 Å². The van der Waals surface area contributed by atoms with Gasteiger partial charge in [-0.3, -0.25) is 9.36 Å². The summed E-state index contributed by atoms with van der Waals surface area (Å²) in [5.74, 6) is -3.85. The molecule has 0 spiro atoms. The molecule has 2 aliphatic rings. The predicted octanol–water partition coefficient (Wildman–Crippen LogP) is 2.85. The highest BCUT2D eigenvalue weighted by atomic mass is 35.5. The van der Waals surface area contributed by atoms with Crippen molar-refractivity contribution in [2.24, 2.45) is 11.7 Å². The third-order valence-electron chi connectivity index (χ3n) is 6.12. The quantitative estimate of drug-likeness (QED) is 0.615. The number of nitrogens with two attached hydrogens (primary N) is 1. The molecule has 32 heavy (non-hydrogen) atoms. The van der Waals surface area contributed by atoms with Crippen molar-refractivity contribution >= 4 is 35.2 Å². The molecule has 2 aromatic heterocycles. The second-order valence-corrected chi connectivity index (χ2v) is 8.15. The summed E-state index contributed by atoms with van der Waals surface area (Å²) in [6, 6.07) is 3.62. The van der Waals surface area contributed by atoms with E-state index in [0.29, 0.717) is 25.1 Å². The van der Waals surface area contributed by atoms with E-state index in [1.807, 2.05) is 0 Å². The topological polar surface area (TPSA) is 101 Å². The third-order valence-corrected chi connectivity index (χ3v) is 6.12. The lowest BCUT2D eigenvalue weighted by atomic mass is 10.1. The molecule has 0 radical (unpaired) electrons. The van der Waals surface area contributed by atoms with Crippen LogP contribution in [0.25, 0.3) is 16.7 Å². The standard InChI is InChI=1S/C21H17F3N4O3.ClH/c22-11-1-2-16(14(23)5-11)28-8-13(20(30)31)17(29)12-6-15(24)19(26-18(12)28)27-4-3-10-7-21(10,25)9-27;/h1-2,5-6,8,10H,3-4,7,9,25H2,(H,30,31);1H. The van der Waals surface area contributed by atoms with Gasteiger partial charge in [0.2, 0.25) is 5.43 Å². The molecule has 168 valence electrons. The number of carboxylic acid groups (broad SMARTS) is 1. The van der Waals surface area contributed by atoms with Gasteiger partial charge in [0.1, 0.15) is 17.2 Å². The number of piperidine rings is 1. The normalized spacial score (nSPS) is 21.8. The maximum Gasteiger partial charge on any atom is 0.341 e. The monoisotopic (exact) mass is 466 g/mol. The second-order valence-electron chi connectivity index (χ2n) is 8.15. The molecule has 1 aliphatic carbocycles. The van der Waals surface area contributed by atoms with Gasteiger partial charge in [-0.15, -0.1) is 12.4 Å². The fourth-order valence-electron chi connectivity index (χ4n) is 4.36. The summed E-state index contributed by atoms with van der Waals surface area (Å²) >= 11 is 0. The number of benzene rings is 1. The van der Waals surface area contributed by atoms with Crippen molar-refractivity contribution in [3.05, 3.63) is 63.7 Å². The van der Waals surface area contributed by atoms with Gasteiger partial charge >= 0.3 is 5.97 Å². The van der Waals surface area contributed by atoms with Gasteiger partial charge in [-0.25, -0.2) is 22.9 Å². The first-order chi connectivity index (χ1) is 14.7. The Morgan fingerprint density at radius 1 is 1.22 bits per heavy atom. The Morgan fingerprint density at radius 2 is 1.97 bits per heavy atom. The molecule has 1 aliphatic heterocycles. The summed E-state index contributed by atoms with van der Waals surface area (Å²) in [7, 11) is 0. The third kappa shape index (κ3) is 3.39. The van der Waals surface area contributed by atoms with Gasteiger partial charge in [0.25, 0.3) is 0 Å². The van der Waals surface area contributed by atoms with E-state index >= 15 is 0 Å². The average molecular weight is 467 g/mol. The van der Waals surface area contributed by atoms with Crippen LogP contribution in [0.1, 0.15) is 23.2 Å². The van der Waals surface area contributed by atoms with Crippen molar-refractivity contribution in [2.75, 3.05) is 18.0 Å². The lowest BCUT2D eigenvalue weighted by molar-refractivity contribution is 0.0695. The highest BCUT2D eigenvalue weighted by Crippen LogP contribution is 2.48. The molecule has 7 nitrogen and oxygen atoms in total. The molecular weight excluding hydrogens is 449 g/mol. The molecule has 0 amide bonds. The number of hydrogen-bond donors (Lipinski definition) is 2. The molecule has 1 aromatic carbocycles. The van der Waals surface area contributed by atoms with Crippen LogP contribution in [0.5, 0.6) is 0 Å². The van der Waals surface area contributed by atoms with Crippen LogP contribution in [0.4, 0.5) is 19.0 Å². The van der Waals surface area contributed by atoms with E-state index in [1.165, 1.54) is 0 Å². The summed E-state index contributed by atoms with van der Waals surface area (Å²) in [5.41, 5.74) is 3.87. The highest BCUT2D eigenvalue weighted by molar-refractivity contribution is 5.92. The number of halogens is 4. The zero-order valence-electron chi connectivity index (χ0n) is 16.5. The SMILES string of the molecule is Cl.NC12CC1CCN(c1nc3c(cc1F)c(=O)c(C(=O)O)cn3-c1ccc(F)cc1F)C2. The fourth-order valence-corrected chi connectivity index (χ4v) is 4.36. The number of nitrogens with zero attached hydrogens (tertiary/aromatic N) is 3. The number of hydrogen-bond acceptors (Lipinski definition) is 5. The Kier molecular flexibility index (Phi) is 5.17. The highest BCUT2D eigenvalue weighted by Gasteiger charge is 2.54. The molecule has 2 unspecified atom stereocenters. The van der Waals surface area contributed by atoms with Gasteiger partial charge in [-0.05, 0) is 37.0 Å². The van der Waals surface area contributed by atoms with Crippen molar-refractivity contribution in [3.63, 3.8) is 0 Å². The van der Waals surface area contributed by atoms with Crippen molar-refractivity contribution in [1.29, 1.82) is 0 Å². The number of anilines is 1. The first kappa shape index (κ1) is 22.1. The number of pyridine rings is 2. The van der Waals surface area contributed by atoms with E-state index in [9.17, 15) is 27.9 Å². The predicted molar refractivity (Wildman–Crippen MR) is 113 cm³/mol. The Labute approximate surface area is 185 Å². The molecule has 3 heterocycles. The van der Waals surface area contributed by atoms with E-state index in [1.54, 1.807) is 4.90 Å². The number of carbonyl (C=O) groups is 1. The van der Waals surface area contributed by atoms with Crippen LogP contribution in [-0.2, 0) is 0 Å². The minimum absolute atomic E-state index is 0. The van der Waals surface area contributed by atoms with Crippen molar-refractivity contribution in [2.45, 2.75) is 18.4 Å². The largest absolute Gasteiger partial charge is 0.477 e. The van der Waals surface area contributed by atoms with E-state index in [2.05, 4.69) is 4.98 Å². The Hall–Kier alpha value is -3.11. The van der Waals surface area contributed by atoms with E-state index < -0.39 is 40.0 Å². The number of aromatic nitrogens is 2. The molecule has 5 rings (SSSR count). The number of aromatic carboxylic acids is 1. The van der Waals surface area contributed by atoms with Crippen molar-refractivity contribution < 1.29 is 23.1 Å². The second kappa shape index (κ2) is 7.49. The number of rotatable bonds is 3. The molecule has 3 aromatic rings. The minimum atomic E-state index is -1.56. The number of carboxylic acids is 1. The smallest absolute Gasteiger partial charge is 0.341 e. The maximum absolute atomic E-state index is 15.0. The first-order valence-electron chi connectivity index (χ1n) is 9.66. The summed E-state index contributed by atoms with van der Waals surface area (Å²) in [6.07, 6.45) is 2.52. The fraction of sp³-hybridized carbons (Fsp3) is 0.286. The van der Waals surface area contributed by atoms with Crippen LogP contribution >= 0.6 is 12.4 Å². The molecule has 11 heteroatoms. The van der Waals surface area contributed by atoms with E-state index in [-0.39, 0.29) is 34.9 Å². The minimum Gasteiger partial charge on any atom is -0.477 e. The van der Waals surface area contributed by atoms with Crippen LogP contribution in [0.15, 0.2) is 35.3 Å². The molecule has 0 bridgehead atoms. The maximum atomic E-state index is 15.0. The molecule has 2 atom stereocenters. The molecule has 1 saturated carbocycles. The van der Waals surface area contributed by atoms with Gasteiger partial charge in [-0.1, -0.05) is 0 Å². The van der Waals surface area contributed by atoms with Crippen molar-refractivity contribution in [1.82, 2.24) is 9.55 Å². The van der Waals surface area contributed by atoms with Crippen LogP contribution in [0, 0.1) is 23.4 Å². The van der Waals surface area contributed by atoms with Crippen LogP contribution in [0.3, 0.4) is 0 Å². The lowest BCUT2D eigenvalue weighted by Crippen LogP contribution is -2.46. The van der Waals surface area contributed by atoms with Crippen LogP contribution in [0.2, 0.25) is 0 Å². The first-order valence-corrected chi connectivity index (χ1v) is 9.66. The summed E-state index contributed by atoms with van der Waals surface area (Å²) in [6.45, 7) is 0.900. The Balaban J connectivity index is 0.00000245. The number of fused-ring (bicyclic) bond motifs is 2. The Morgan fingerprint density at radius 3 is 2.62 bits per heavy atom. The summed E-state index contributed by atoms with van der Waals surface area (Å²) in [5, 5.41) is 9.07. The van der Waals surface area contributed by atoms with E-state index in [4.69, 9.17) is 5.73 Å². The molecular formula is C21H18ClF3N4O3. The van der Waals surface area contributed by atoms with Crippen molar-refractivity contribution in [3.8, 4) is 5.69 Å². The van der Waals surface area contributed by atoms with Gasteiger partial charge < -0.3 is 15.7 Å². The summed E-state index contributed by atoms with van der Waals surface area (Å²) < 4.78 is 43.9. The summed E-state index contributed by atoms with van der Waals surface area (Å²) in [4.78, 5) is 30.2. The zero-order chi connectivity index (χ0) is 22.1. The van der Waals surface area contributed by atoms with Crippen LogP contribution in [-0.4, -0.2) is 39.3 Å². The van der Waals surface area contributed by atoms with E-state index in [0.717, 1.165) is 41.8 Å².